The van der Waals surface area contributed by atoms with E-state index in [9.17, 15) is 0 Å². The molecule has 1 heteroatoms. The van der Waals surface area contributed by atoms with E-state index in [1.54, 1.807) is 0 Å². The molecule has 0 bridgehead atoms. The lowest BCUT2D eigenvalue weighted by molar-refractivity contribution is 0.187. The van der Waals surface area contributed by atoms with E-state index in [4.69, 9.17) is 0 Å². The van der Waals surface area contributed by atoms with Crippen molar-refractivity contribution in [2.45, 2.75) is 84.6 Å². The molecule has 1 nitrogen and oxygen atoms in total. The SMILES string of the molecule is CN(CCCCCC(C)(C)C)C1CCCCC1. The normalized spacial score (nSPS) is 18.9. The van der Waals surface area contributed by atoms with Crippen LogP contribution in [0.3, 0.4) is 0 Å². The average Bonchev–Trinajstić information content (AvgIpc) is 2.28. The minimum Gasteiger partial charge on any atom is -0.303 e. The fourth-order valence-corrected chi connectivity index (χ4v) is 2.90. The molecule has 0 aliphatic heterocycles. The lowest BCUT2D eigenvalue weighted by Crippen LogP contribution is -2.34. The third kappa shape index (κ3) is 7.08. The standard InChI is InChI=1S/C16H33N/c1-16(2,3)13-9-6-10-14-17(4)15-11-7-5-8-12-15/h15H,5-14H2,1-4H3. The summed E-state index contributed by atoms with van der Waals surface area (Å²) in [6.45, 7) is 8.36. The van der Waals surface area contributed by atoms with E-state index >= 15 is 0 Å². The predicted octanol–water partition coefficient (Wildman–Crippen LogP) is 4.86. The van der Waals surface area contributed by atoms with Gasteiger partial charge in [0.15, 0.2) is 0 Å². The first-order chi connectivity index (χ1) is 7.99. The molecule has 0 aromatic carbocycles. The molecule has 0 saturated heterocycles. The third-order valence-electron chi connectivity index (χ3n) is 4.14. The van der Waals surface area contributed by atoms with E-state index < -0.39 is 0 Å². The Morgan fingerprint density at radius 1 is 0.941 bits per heavy atom. The topological polar surface area (TPSA) is 3.24 Å². The number of unbranched alkanes of at least 4 members (excludes halogenated alkanes) is 2. The van der Waals surface area contributed by atoms with Crippen LogP contribution in [0.1, 0.15) is 78.6 Å². The van der Waals surface area contributed by atoms with Crippen LogP contribution in [0.15, 0.2) is 0 Å². The lowest BCUT2D eigenvalue weighted by Gasteiger charge is -2.31. The summed E-state index contributed by atoms with van der Waals surface area (Å²) in [4.78, 5) is 2.62. The van der Waals surface area contributed by atoms with Crippen molar-refractivity contribution in [3.05, 3.63) is 0 Å². The summed E-state index contributed by atoms with van der Waals surface area (Å²) < 4.78 is 0. The van der Waals surface area contributed by atoms with Crippen molar-refractivity contribution < 1.29 is 0 Å². The van der Waals surface area contributed by atoms with Gasteiger partial charge in [-0.05, 0) is 44.7 Å². The van der Waals surface area contributed by atoms with Crippen LogP contribution in [-0.2, 0) is 0 Å². The Hall–Kier alpha value is -0.0400. The first-order valence-corrected chi connectivity index (χ1v) is 7.69. The highest BCUT2D eigenvalue weighted by Gasteiger charge is 2.17. The van der Waals surface area contributed by atoms with Crippen LogP contribution in [0.4, 0.5) is 0 Å². The van der Waals surface area contributed by atoms with Crippen molar-refractivity contribution >= 4 is 0 Å². The van der Waals surface area contributed by atoms with Gasteiger partial charge in [0.25, 0.3) is 0 Å². The van der Waals surface area contributed by atoms with Crippen LogP contribution in [0, 0.1) is 5.41 Å². The molecule has 0 aromatic rings. The van der Waals surface area contributed by atoms with Crippen molar-refractivity contribution in [3.8, 4) is 0 Å². The van der Waals surface area contributed by atoms with Gasteiger partial charge in [-0.25, -0.2) is 0 Å². The molecule has 1 rings (SSSR count). The third-order valence-corrected chi connectivity index (χ3v) is 4.14. The minimum atomic E-state index is 0.523. The molecular weight excluding hydrogens is 206 g/mol. The highest BCUT2D eigenvalue weighted by molar-refractivity contribution is 4.73. The van der Waals surface area contributed by atoms with E-state index in [2.05, 4.69) is 32.7 Å². The number of rotatable bonds is 6. The maximum Gasteiger partial charge on any atom is 0.00922 e. The molecule has 17 heavy (non-hydrogen) atoms. The number of hydrogen-bond donors (Lipinski definition) is 0. The van der Waals surface area contributed by atoms with Crippen LogP contribution < -0.4 is 0 Å². The van der Waals surface area contributed by atoms with Crippen molar-refractivity contribution in [2.75, 3.05) is 13.6 Å². The summed E-state index contributed by atoms with van der Waals surface area (Å²) in [5.41, 5.74) is 0.523. The lowest BCUT2D eigenvalue weighted by atomic mass is 9.89. The first-order valence-electron chi connectivity index (χ1n) is 7.69. The molecule has 0 amide bonds. The van der Waals surface area contributed by atoms with E-state index in [1.807, 2.05) is 0 Å². The molecule has 1 aliphatic rings. The van der Waals surface area contributed by atoms with Crippen molar-refractivity contribution in [1.82, 2.24) is 4.90 Å². The second-order valence-corrected chi connectivity index (χ2v) is 7.14. The molecule has 0 spiro atoms. The fraction of sp³-hybridized carbons (Fsp3) is 1.00. The number of hydrogen-bond acceptors (Lipinski definition) is 1. The molecule has 0 radical (unpaired) electrons. The summed E-state index contributed by atoms with van der Waals surface area (Å²) in [5.74, 6) is 0. The highest BCUT2D eigenvalue weighted by Crippen LogP contribution is 2.23. The van der Waals surface area contributed by atoms with Crippen molar-refractivity contribution in [3.63, 3.8) is 0 Å². The van der Waals surface area contributed by atoms with Gasteiger partial charge in [0.2, 0.25) is 0 Å². The molecule has 1 fully saturated rings. The van der Waals surface area contributed by atoms with Crippen LogP contribution >= 0.6 is 0 Å². The fourth-order valence-electron chi connectivity index (χ4n) is 2.90. The molecule has 1 saturated carbocycles. The van der Waals surface area contributed by atoms with Gasteiger partial charge in [0.1, 0.15) is 0 Å². The number of nitrogens with zero attached hydrogens (tertiary/aromatic N) is 1. The van der Waals surface area contributed by atoms with Crippen LogP contribution in [0.5, 0.6) is 0 Å². The van der Waals surface area contributed by atoms with Gasteiger partial charge in [-0.3, -0.25) is 0 Å². The van der Waals surface area contributed by atoms with Gasteiger partial charge >= 0.3 is 0 Å². The second kappa shape index (κ2) is 7.41. The molecular formula is C16H33N. The van der Waals surface area contributed by atoms with E-state index in [-0.39, 0.29) is 0 Å². The quantitative estimate of drug-likeness (QED) is 0.598. The molecule has 1 aliphatic carbocycles. The van der Waals surface area contributed by atoms with Gasteiger partial charge in [0.05, 0.1) is 0 Å². The first kappa shape index (κ1) is 15.0. The van der Waals surface area contributed by atoms with Gasteiger partial charge < -0.3 is 4.90 Å². The van der Waals surface area contributed by atoms with Crippen molar-refractivity contribution in [2.24, 2.45) is 5.41 Å². The zero-order valence-corrected chi connectivity index (χ0v) is 12.6. The van der Waals surface area contributed by atoms with Crippen LogP contribution in [0.2, 0.25) is 0 Å². The Morgan fingerprint density at radius 2 is 1.59 bits per heavy atom. The monoisotopic (exact) mass is 239 g/mol. The summed E-state index contributed by atoms with van der Waals surface area (Å²) in [7, 11) is 2.33. The predicted molar refractivity (Wildman–Crippen MR) is 77.4 cm³/mol. The molecule has 0 unspecified atom stereocenters. The van der Waals surface area contributed by atoms with Gasteiger partial charge in [-0.15, -0.1) is 0 Å². The highest BCUT2D eigenvalue weighted by atomic mass is 15.1. The maximum absolute atomic E-state index is 2.62. The Kier molecular flexibility index (Phi) is 6.54. The summed E-state index contributed by atoms with van der Waals surface area (Å²) >= 11 is 0. The second-order valence-electron chi connectivity index (χ2n) is 7.14. The summed E-state index contributed by atoms with van der Waals surface area (Å²) in [5, 5.41) is 0. The molecule has 0 heterocycles. The Labute approximate surface area is 109 Å². The molecule has 0 atom stereocenters. The Morgan fingerprint density at radius 3 is 2.18 bits per heavy atom. The summed E-state index contributed by atoms with van der Waals surface area (Å²) in [6, 6.07) is 0.895. The van der Waals surface area contributed by atoms with Crippen molar-refractivity contribution in [1.29, 1.82) is 0 Å². The molecule has 0 aromatic heterocycles. The Bertz CT molecular complexity index is 186. The van der Waals surface area contributed by atoms with Gasteiger partial charge in [0, 0.05) is 6.04 Å². The van der Waals surface area contributed by atoms with Gasteiger partial charge in [-0.1, -0.05) is 52.9 Å². The maximum atomic E-state index is 2.62. The zero-order chi connectivity index (χ0) is 12.7. The average molecular weight is 239 g/mol. The van der Waals surface area contributed by atoms with E-state index in [1.165, 1.54) is 64.3 Å². The largest absolute Gasteiger partial charge is 0.303 e. The van der Waals surface area contributed by atoms with E-state index in [0.717, 1.165) is 6.04 Å². The van der Waals surface area contributed by atoms with Gasteiger partial charge in [-0.2, -0.15) is 0 Å². The summed E-state index contributed by atoms with van der Waals surface area (Å²) in [6.07, 6.45) is 12.9. The van der Waals surface area contributed by atoms with Crippen LogP contribution in [-0.4, -0.2) is 24.5 Å². The molecule has 0 N–H and O–H groups in total. The minimum absolute atomic E-state index is 0.523. The van der Waals surface area contributed by atoms with Crippen LogP contribution in [0.25, 0.3) is 0 Å². The van der Waals surface area contributed by atoms with E-state index in [0.29, 0.717) is 5.41 Å². The smallest absolute Gasteiger partial charge is 0.00922 e. The molecule has 102 valence electrons. The zero-order valence-electron chi connectivity index (χ0n) is 12.6. The Balaban J connectivity index is 2.01.